The number of aryl methyl sites for hydroxylation is 1. The maximum atomic E-state index is 12.0. The highest BCUT2D eigenvalue weighted by atomic mass is 35.5. The molecule has 18 heavy (non-hydrogen) atoms. The van der Waals surface area contributed by atoms with Crippen molar-refractivity contribution in [2.45, 2.75) is 58.9 Å². The van der Waals surface area contributed by atoms with E-state index in [9.17, 15) is 4.79 Å². The molecule has 0 spiro atoms. The SMILES string of the molecule is Cc1cc(C(=O)C(C)Cl)c(C)n1CC1(C)CCC1. The summed E-state index contributed by atoms with van der Waals surface area (Å²) in [6.45, 7) is 9.20. The van der Waals surface area contributed by atoms with E-state index in [1.54, 1.807) is 6.92 Å². The summed E-state index contributed by atoms with van der Waals surface area (Å²) in [5.74, 6) is 0.0368. The van der Waals surface area contributed by atoms with Gasteiger partial charge in [-0.1, -0.05) is 13.3 Å². The maximum absolute atomic E-state index is 12.0. The summed E-state index contributed by atoms with van der Waals surface area (Å²) in [4.78, 5) is 12.0. The maximum Gasteiger partial charge on any atom is 0.182 e. The molecule has 100 valence electrons. The topological polar surface area (TPSA) is 22.0 Å². The fourth-order valence-corrected chi connectivity index (χ4v) is 2.95. The van der Waals surface area contributed by atoms with Gasteiger partial charge in [-0.2, -0.15) is 0 Å². The third kappa shape index (κ3) is 2.35. The molecular formula is C15H22ClNO. The van der Waals surface area contributed by atoms with Gasteiger partial charge in [0.1, 0.15) is 0 Å². The van der Waals surface area contributed by atoms with Crippen molar-refractivity contribution in [3.8, 4) is 0 Å². The molecule has 0 N–H and O–H groups in total. The Labute approximate surface area is 114 Å². The van der Waals surface area contributed by atoms with E-state index in [4.69, 9.17) is 11.6 Å². The molecule has 1 atom stereocenters. The lowest BCUT2D eigenvalue weighted by atomic mass is 9.70. The second-order valence-corrected chi connectivity index (χ2v) is 6.67. The van der Waals surface area contributed by atoms with Gasteiger partial charge in [0, 0.05) is 23.5 Å². The first kappa shape index (κ1) is 13.7. The predicted octanol–water partition coefficient (Wildman–Crippen LogP) is 4.11. The highest BCUT2D eigenvalue weighted by Gasteiger charge is 2.33. The second kappa shape index (κ2) is 4.73. The molecule has 0 saturated heterocycles. The summed E-state index contributed by atoms with van der Waals surface area (Å²) in [5.41, 5.74) is 3.44. The van der Waals surface area contributed by atoms with Gasteiger partial charge in [0.15, 0.2) is 5.78 Å². The number of alkyl halides is 1. The number of carbonyl (C=O) groups excluding carboxylic acids is 1. The molecule has 2 rings (SSSR count). The van der Waals surface area contributed by atoms with Crippen LogP contribution >= 0.6 is 11.6 Å². The minimum atomic E-state index is -0.446. The zero-order valence-corrected chi connectivity index (χ0v) is 12.5. The first-order chi connectivity index (χ1) is 8.34. The Morgan fingerprint density at radius 3 is 2.56 bits per heavy atom. The van der Waals surface area contributed by atoms with Crippen LogP contribution < -0.4 is 0 Å². The summed E-state index contributed by atoms with van der Waals surface area (Å²) in [5, 5.41) is -0.446. The Morgan fingerprint density at radius 2 is 2.11 bits per heavy atom. The van der Waals surface area contributed by atoms with Crippen molar-refractivity contribution >= 4 is 17.4 Å². The number of Topliss-reactive ketones (excluding diaryl/α,β-unsaturated/α-hetero) is 1. The van der Waals surface area contributed by atoms with Gasteiger partial charge in [0.2, 0.25) is 0 Å². The summed E-state index contributed by atoms with van der Waals surface area (Å²) in [7, 11) is 0. The van der Waals surface area contributed by atoms with E-state index in [-0.39, 0.29) is 5.78 Å². The van der Waals surface area contributed by atoms with Gasteiger partial charge in [-0.15, -0.1) is 11.6 Å². The molecule has 1 aromatic heterocycles. The molecule has 1 saturated carbocycles. The molecule has 1 aliphatic rings. The molecule has 0 amide bonds. The van der Waals surface area contributed by atoms with Gasteiger partial charge in [-0.25, -0.2) is 0 Å². The number of rotatable bonds is 4. The van der Waals surface area contributed by atoms with Crippen molar-refractivity contribution in [3.63, 3.8) is 0 Å². The third-order valence-electron chi connectivity index (χ3n) is 4.30. The molecule has 1 fully saturated rings. The minimum Gasteiger partial charge on any atom is -0.348 e. The van der Waals surface area contributed by atoms with E-state index in [2.05, 4.69) is 18.4 Å². The average Bonchev–Trinajstić information content (AvgIpc) is 2.53. The van der Waals surface area contributed by atoms with Gasteiger partial charge in [-0.3, -0.25) is 4.79 Å². The predicted molar refractivity (Wildman–Crippen MR) is 75.5 cm³/mol. The number of carbonyl (C=O) groups is 1. The van der Waals surface area contributed by atoms with Crippen molar-refractivity contribution in [2.75, 3.05) is 0 Å². The van der Waals surface area contributed by atoms with Gasteiger partial charge in [0.25, 0.3) is 0 Å². The van der Waals surface area contributed by atoms with E-state index in [0.29, 0.717) is 5.41 Å². The highest BCUT2D eigenvalue weighted by Crippen LogP contribution is 2.42. The monoisotopic (exact) mass is 267 g/mol. The molecule has 1 aliphatic carbocycles. The van der Waals surface area contributed by atoms with Gasteiger partial charge in [-0.05, 0) is 45.1 Å². The van der Waals surface area contributed by atoms with Crippen molar-refractivity contribution in [1.29, 1.82) is 0 Å². The van der Waals surface area contributed by atoms with Crippen molar-refractivity contribution in [1.82, 2.24) is 4.57 Å². The van der Waals surface area contributed by atoms with Gasteiger partial charge >= 0.3 is 0 Å². The number of hydrogen-bond donors (Lipinski definition) is 0. The molecule has 0 bridgehead atoms. The number of aromatic nitrogens is 1. The summed E-state index contributed by atoms with van der Waals surface area (Å²) >= 11 is 5.91. The zero-order valence-electron chi connectivity index (χ0n) is 11.7. The van der Waals surface area contributed by atoms with E-state index >= 15 is 0 Å². The van der Waals surface area contributed by atoms with Crippen LogP contribution in [0.4, 0.5) is 0 Å². The average molecular weight is 268 g/mol. The van der Waals surface area contributed by atoms with Crippen LogP contribution in [-0.4, -0.2) is 15.7 Å². The van der Waals surface area contributed by atoms with Gasteiger partial charge in [0.05, 0.1) is 5.38 Å². The Hall–Kier alpha value is -0.760. The number of halogens is 1. The number of nitrogens with zero attached hydrogens (tertiary/aromatic N) is 1. The van der Waals surface area contributed by atoms with Crippen LogP contribution in [0.15, 0.2) is 6.07 Å². The Balaban J connectivity index is 2.29. The number of hydrogen-bond acceptors (Lipinski definition) is 1. The van der Waals surface area contributed by atoms with Crippen LogP contribution in [0.1, 0.15) is 54.9 Å². The minimum absolute atomic E-state index is 0.0368. The van der Waals surface area contributed by atoms with E-state index in [1.807, 2.05) is 13.0 Å². The molecule has 0 aliphatic heterocycles. The molecule has 0 aromatic carbocycles. The Morgan fingerprint density at radius 1 is 1.50 bits per heavy atom. The van der Waals surface area contributed by atoms with Crippen molar-refractivity contribution < 1.29 is 4.79 Å². The van der Waals surface area contributed by atoms with Crippen LogP contribution in [0.2, 0.25) is 0 Å². The number of ketones is 1. The molecule has 3 heteroatoms. The summed E-state index contributed by atoms with van der Waals surface area (Å²) in [6, 6.07) is 1.98. The molecule has 2 nitrogen and oxygen atoms in total. The van der Waals surface area contributed by atoms with Crippen LogP contribution in [0.5, 0.6) is 0 Å². The lowest BCUT2D eigenvalue weighted by Crippen LogP contribution is -2.31. The first-order valence-corrected chi connectivity index (χ1v) is 7.13. The molecule has 1 heterocycles. The second-order valence-electron chi connectivity index (χ2n) is 6.02. The molecule has 1 aromatic rings. The summed E-state index contributed by atoms with van der Waals surface area (Å²) < 4.78 is 2.28. The van der Waals surface area contributed by atoms with Crippen LogP contribution in [-0.2, 0) is 6.54 Å². The first-order valence-electron chi connectivity index (χ1n) is 6.69. The fraction of sp³-hybridized carbons (Fsp3) is 0.667. The molecule has 0 radical (unpaired) electrons. The molecular weight excluding hydrogens is 246 g/mol. The van der Waals surface area contributed by atoms with E-state index in [0.717, 1.165) is 17.8 Å². The third-order valence-corrected chi connectivity index (χ3v) is 4.50. The quantitative estimate of drug-likeness (QED) is 0.595. The summed E-state index contributed by atoms with van der Waals surface area (Å²) in [6.07, 6.45) is 3.92. The van der Waals surface area contributed by atoms with E-state index < -0.39 is 5.38 Å². The Kier molecular flexibility index (Phi) is 3.59. The zero-order chi connectivity index (χ0) is 13.5. The van der Waals surface area contributed by atoms with Crippen LogP contribution in [0, 0.1) is 19.3 Å². The lowest BCUT2D eigenvalue weighted by molar-refractivity contribution is 0.0989. The van der Waals surface area contributed by atoms with Gasteiger partial charge < -0.3 is 4.57 Å². The van der Waals surface area contributed by atoms with Crippen molar-refractivity contribution in [3.05, 3.63) is 23.0 Å². The standard InChI is InChI=1S/C15H22ClNO/c1-10-8-13(14(18)11(2)16)12(3)17(10)9-15(4)6-5-7-15/h8,11H,5-7,9H2,1-4H3. The van der Waals surface area contributed by atoms with Crippen molar-refractivity contribution in [2.24, 2.45) is 5.41 Å². The van der Waals surface area contributed by atoms with Crippen LogP contribution in [0.25, 0.3) is 0 Å². The van der Waals surface area contributed by atoms with E-state index in [1.165, 1.54) is 25.0 Å². The normalized spacial score (nSPS) is 19.4. The fourth-order valence-electron chi connectivity index (χ4n) is 2.83. The smallest absolute Gasteiger partial charge is 0.182 e. The molecule has 1 unspecified atom stereocenters. The highest BCUT2D eigenvalue weighted by molar-refractivity contribution is 6.33. The lowest BCUT2D eigenvalue weighted by Gasteiger charge is -2.39. The van der Waals surface area contributed by atoms with Crippen LogP contribution in [0.3, 0.4) is 0 Å². The largest absolute Gasteiger partial charge is 0.348 e. The Bertz CT molecular complexity index is 469.